The van der Waals surface area contributed by atoms with E-state index in [0.717, 1.165) is 5.75 Å². The van der Waals surface area contributed by atoms with E-state index in [9.17, 15) is 4.79 Å². The van der Waals surface area contributed by atoms with Gasteiger partial charge in [0.2, 0.25) is 5.91 Å². The van der Waals surface area contributed by atoms with Gasteiger partial charge < -0.3 is 20.5 Å². The van der Waals surface area contributed by atoms with Crippen LogP contribution in [0.25, 0.3) is 0 Å². The molecule has 1 aromatic carbocycles. The Balaban J connectivity index is 0.00000180. The van der Waals surface area contributed by atoms with Crippen molar-refractivity contribution in [3.8, 4) is 11.5 Å². The van der Waals surface area contributed by atoms with Crippen LogP contribution in [-0.4, -0.2) is 30.7 Å². The van der Waals surface area contributed by atoms with E-state index in [4.69, 9.17) is 15.2 Å². The molecule has 0 fully saturated rings. The van der Waals surface area contributed by atoms with Gasteiger partial charge in [-0.1, -0.05) is 12.1 Å². The number of para-hydroxylation sites is 2. The molecule has 0 spiro atoms. The quantitative estimate of drug-likeness (QED) is 0.873. The monoisotopic (exact) mass is 286 g/mol. The largest absolute Gasteiger partial charge is 0.486 e. The number of carbonyl (C=O) groups excluding carboxylic acids is 1. The first-order valence-electron chi connectivity index (χ1n) is 5.92. The second kappa shape index (κ2) is 6.12. The van der Waals surface area contributed by atoms with Gasteiger partial charge >= 0.3 is 0 Å². The lowest BCUT2D eigenvalue weighted by molar-refractivity contribution is -0.125. The maximum absolute atomic E-state index is 11.6. The predicted molar refractivity (Wildman–Crippen MR) is 74.9 cm³/mol. The summed E-state index contributed by atoms with van der Waals surface area (Å²) in [5.74, 6) is 1.24. The van der Waals surface area contributed by atoms with Crippen LogP contribution in [0.2, 0.25) is 0 Å². The number of nitrogens with two attached hydrogens (primary N) is 1. The Morgan fingerprint density at radius 3 is 2.68 bits per heavy atom. The zero-order chi connectivity index (χ0) is 13.2. The number of ether oxygens (including phenoxy) is 2. The highest BCUT2D eigenvalue weighted by molar-refractivity contribution is 5.85. The maximum atomic E-state index is 11.6. The Hall–Kier alpha value is -1.46. The lowest BCUT2D eigenvalue weighted by atomic mass is 10.1. The molecule has 6 heteroatoms. The van der Waals surface area contributed by atoms with Crippen molar-refractivity contribution in [1.29, 1.82) is 0 Å². The van der Waals surface area contributed by atoms with Crippen molar-refractivity contribution in [2.75, 3.05) is 13.2 Å². The molecule has 5 nitrogen and oxygen atoms in total. The molecule has 1 aromatic rings. The topological polar surface area (TPSA) is 73.6 Å². The van der Waals surface area contributed by atoms with Crippen molar-refractivity contribution in [2.24, 2.45) is 5.73 Å². The normalized spacial score (nSPS) is 17.3. The van der Waals surface area contributed by atoms with Crippen molar-refractivity contribution in [1.82, 2.24) is 5.32 Å². The Kier molecular flexibility index (Phi) is 5.03. The molecule has 2 rings (SSSR count). The molecule has 1 aliphatic heterocycles. The third kappa shape index (κ3) is 4.01. The second-order valence-electron chi connectivity index (χ2n) is 4.93. The van der Waals surface area contributed by atoms with Gasteiger partial charge in [-0.25, -0.2) is 0 Å². The first kappa shape index (κ1) is 15.6. The standard InChI is InChI=1S/C13H18N2O3.ClH/c1-13(2,14)12(16)15-7-9-8-17-10-5-3-4-6-11(10)18-9;/h3-6,9H,7-8,14H2,1-2H3,(H,15,16);1H. The molecule has 1 unspecified atom stereocenters. The minimum absolute atomic E-state index is 0. The molecule has 0 aliphatic carbocycles. The van der Waals surface area contributed by atoms with Gasteiger partial charge in [-0.15, -0.1) is 12.4 Å². The molecule has 0 bridgehead atoms. The zero-order valence-corrected chi connectivity index (χ0v) is 11.8. The van der Waals surface area contributed by atoms with Crippen LogP contribution in [0.1, 0.15) is 13.8 Å². The number of halogens is 1. The number of fused-ring (bicyclic) bond motifs is 1. The number of hydrogen-bond acceptors (Lipinski definition) is 4. The highest BCUT2D eigenvalue weighted by Crippen LogP contribution is 2.30. The summed E-state index contributed by atoms with van der Waals surface area (Å²) in [5.41, 5.74) is 4.81. The molecule has 3 N–H and O–H groups in total. The third-order valence-corrected chi connectivity index (χ3v) is 2.64. The fourth-order valence-corrected chi connectivity index (χ4v) is 1.60. The minimum atomic E-state index is -0.882. The predicted octanol–water partition coefficient (Wildman–Crippen LogP) is 1.10. The van der Waals surface area contributed by atoms with E-state index in [0.29, 0.717) is 18.9 Å². The van der Waals surface area contributed by atoms with Gasteiger partial charge in [0.15, 0.2) is 11.5 Å². The van der Waals surface area contributed by atoms with Crippen LogP contribution in [0, 0.1) is 0 Å². The third-order valence-electron chi connectivity index (χ3n) is 2.64. The second-order valence-corrected chi connectivity index (χ2v) is 4.93. The van der Waals surface area contributed by atoms with Gasteiger partial charge in [-0.2, -0.15) is 0 Å². The van der Waals surface area contributed by atoms with Crippen LogP contribution in [0.4, 0.5) is 0 Å². The number of nitrogens with one attached hydrogen (secondary N) is 1. The van der Waals surface area contributed by atoms with Gasteiger partial charge in [0.05, 0.1) is 12.1 Å². The van der Waals surface area contributed by atoms with Crippen molar-refractivity contribution in [3.05, 3.63) is 24.3 Å². The van der Waals surface area contributed by atoms with E-state index in [2.05, 4.69) is 5.32 Å². The van der Waals surface area contributed by atoms with Crippen molar-refractivity contribution >= 4 is 18.3 Å². The molecule has 1 heterocycles. The first-order valence-corrected chi connectivity index (χ1v) is 5.92. The number of amides is 1. The van der Waals surface area contributed by atoms with Gasteiger partial charge in [-0.05, 0) is 26.0 Å². The molecule has 0 radical (unpaired) electrons. The number of carbonyl (C=O) groups is 1. The summed E-state index contributed by atoms with van der Waals surface area (Å²) < 4.78 is 11.3. The molecular weight excluding hydrogens is 268 g/mol. The molecule has 0 saturated heterocycles. The average Bonchev–Trinajstić information content (AvgIpc) is 2.34. The van der Waals surface area contributed by atoms with E-state index < -0.39 is 5.54 Å². The van der Waals surface area contributed by atoms with Crippen molar-refractivity contribution in [3.63, 3.8) is 0 Å². The fourth-order valence-electron chi connectivity index (χ4n) is 1.60. The summed E-state index contributed by atoms with van der Waals surface area (Å²) >= 11 is 0. The van der Waals surface area contributed by atoms with Crippen molar-refractivity contribution in [2.45, 2.75) is 25.5 Å². The summed E-state index contributed by atoms with van der Waals surface area (Å²) in [5, 5.41) is 2.75. The van der Waals surface area contributed by atoms with E-state index in [1.807, 2.05) is 24.3 Å². The van der Waals surface area contributed by atoms with Crippen LogP contribution in [0.3, 0.4) is 0 Å². The highest BCUT2D eigenvalue weighted by Gasteiger charge is 2.25. The highest BCUT2D eigenvalue weighted by atomic mass is 35.5. The maximum Gasteiger partial charge on any atom is 0.239 e. The van der Waals surface area contributed by atoms with Crippen LogP contribution >= 0.6 is 12.4 Å². The summed E-state index contributed by atoms with van der Waals surface area (Å²) in [4.78, 5) is 11.6. The lowest BCUT2D eigenvalue weighted by Gasteiger charge is -2.27. The lowest BCUT2D eigenvalue weighted by Crippen LogP contribution is -2.52. The smallest absolute Gasteiger partial charge is 0.239 e. The van der Waals surface area contributed by atoms with E-state index in [1.54, 1.807) is 13.8 Å². The Morgan fingerprint density at radius 1 is 1.42 bits per heavy atom. The van der Waals surface area contributed by atoms with Crippen LogP contribution in [-0.2, 0) is 4.79 Å². The number of rotatable bonds is 3. The fraction of sp³-hybridized carbons (Fsp3) is 0.462. The summed E-state index contributed by atoms with van der Waals surface area (Å²) in [6, 6.07) is 7.47. The SMILES string of the molecule is CC(C)(N)C(=O)NCC1COc2ccccc2O1.Cl. The van der Waals surface area contributed by atoms with Gasteiger partial charge in [0.1, 0.15) is 12.7 Å². The molecule has 1 amide bonds. The first-order chi connectivity index (χ1) is 8.47. The Morgan fingerprint density at radius 2 is 2.05 bits per heavy atom. The van der Waals surface area contributed by atoms with Crippen LogP contribution in [0.15, 0.2) is 24.3 Å². The molecule has 0 aromatic heterocycles. The molecular formula is C13H19ClN2O3. The molecule has 0 saturated carbocycles. The molecule has 19 heavy (non-hydrogen) atoms. The van der Waals surface area contributed by atoms with Crippen LogP contribution < -0.4 is 20.5 Å². The minimum Gasteiger partial charge on any atom is -0.486 e. The van der Waals surface area contributed by atoms with Gasteiger partial charge in [-0.3, -0.25) is 4.79 Å². The van der Waals surface area contributed by atoms with Gasteiger partial charge in [0.25, 0.3) is 0 Å². The molecule has 1 aliphatic rings. The van der Waals surface area contributed by atoms with E-state index in [1.165, 1.54) is 0 Å². The summed E-state index contributed by atoms with van der Waals surface area (Å²) in [6.45, 7) is 4.13. The van der Waals surface area contributed by atoms with Crippen LogP contribution in [0.5, 0.6) is 11.5 Å². The van der Waals surface area contributed by atoms with E-state index in [-0.39, 0.29) is 24.4 Å². The average molecular weight is 287 g/mol. The summed E-state index contributed by atoms with van der Waals surface area (Å²) in [7, 11) is 0. The van der Waals surface area contributed by atoms with E-state index >= 15 is 0 Å². The zero-order valence-electron chi connectivity index (χ0n) is 11.0. The Bertz CT molecular complexity index is 446. The Labute approximate surface area is 118 Å². The van der Waals surface area contributed by atoms with Crippen molar-refractivity contribution < 1.29 is 14.3 Å². The molecule has 1 atom stereocenters. The van der Waals surface area contributed by atoms with Gasteiger partial charge in [0, 0.05) is 0 Å². The number of benzene rings is 1. The summed E-state index contributed by atoms with van der Waals surface area (Å²) in [6.07, 6.45) is -0.189. The number of hydrogen-bond donors (Lipinski definition) is 2. The molecule has 106 valence electrons.